The Morgan fingerprint density at radius 3 is 1.50 bits per heavy atom. The van der Waals surface area contributed by atoms with Crippen LogP contribution in [0.3, 0.4) is 0 Å². The molecule has 49 valence electrons. The van der Waals surface area contributed by atoms with Crippen LogP contribution in [0, 0.1) is 0 Å². The monoisotopic (exact) mass is 186 g/mol. The quantitative estimate of drug-likeness (QED) is 0.538. The Morgan fingerprint density at radius 1 is 1.38 bits per heavy atom. The van der Waals surface area contributed by atoms with E-state index in [0.717, 1.165) is 10.4 Å². The van der Waals surface area contributed by atoms with Gasteiger partial charge in [-0.25, -0.2) is 0 Å². The molecule has 0 aliphatic rings. The van der Waals surface area contributed by atoms with Gasteiger partial charge in [0.2, 0.25) is 0 Å². The van der Waals surface area contributed by atoms with Crippen LogP contribution < -0.4 is 4.98 Å². The van der Waals surface area contributed by atoms with E-state index in [0.29, 0.717) is 5.54 Å². The molecule has 0 spiro atoms. The van der Waals surface area contributed by atoms with Crippen molar-refractivity contribution in [2.75, 3.05) is 0 Å². The van der Waals surface area contributed by atoms with Crippen LogP contribution in [0.2, 0.25) is 0 Å². The molecule has 0 aromatic rings. The van der Waals surface area contributed by atoms with Crippen molar-refractivity contribution in [3.63, 3.8) is 0 Å². The van der Waals surface area contributed by atoms with Gasteiger partial charge in [0.15, 0.2) is 0 Å². The SMILES string of the molecule is CC(C)(C)N[SiH3].[Cl][Ti]. The molecule has 0 rings (SSSR count). The van der Waals surface area contributed by atoms with E-state index < -0.39 is 0 Å². The summed E-state index contributed by atoms with van der Waals surface area (Å²) in [6.45, 7) is 6.50. The van der Waals surface area contributed by atoms with Crippen LogP contribution in [0.1, 0.15) is 20.8 Å². The van der Waals surface area contributed by atoms with Gasteiger partial charge in [0, 0.05) is 5.54 Å². The van der Waals surface area contributed by atoms with Crippen LogP contribution in [0.5, 0.6) is 0 Å². The van der Waals surface area contributed by atoms with Crippen LogP contribution in [0.15, 0.2) is 0 Å². The Hall–Kier alpha value is 1.18. The van der Waals surface area contributed by atoms with Gasteiger partial charge < -0.3 is 4.98 Å². The van der Waals surface area contributed by atoms with Crippen LogP contribution in [0.25, 0.3) is 0 Å². The van der Waals surface area contributed by atoms with Gasteiger partial charge in [-0.1, -0.05) is 0 Å². The maximum atomic E-state index is 4.64. The molecule has 0 saturated heterocycles. The zero-order valence-electron chi connectivity index (χ0n) is 5.88. The molecule has 0 fully saturated rings. The number of nitrogens with one attached hydrogen (secondary N) is 1. The Kier molecular flexibility index (Phi) is 9.39. The van der Waals surface area contributed by atoms with E-state index in [2.05, 4.69) is 35.1 Å². The topological polar surface area (TPSA) is 12.0 Å². The molecule has 0 atom stereocenters. The van der Waals surface area contributed by atoms with Crippen LogP contribution >= 0.6 is 9.30 Å². The summed E-state index contributed by atoms with van der Waals surface area (Å²) in [6, 6.07) is 0. The van der Waals surface area contributed by atoms with Gasteiger partial charge in [-0.15, -0.1) is 0 Å². The predicted octanol–water partition coefficient (Wildman–Crippen LogP) is 0.342. The van der Waals surface area contributed by atoms with Crippen LogP contribution in [-0.2, 0) is 19.4 Å². The van der Waals surface area contributed by atoms with E-state index in [1.54, 1.807) is 0 Å². The van der Waals surface area contributed by atoms with E-state index in [1.807, 2.05) is 0 Å². The summed E-state index contributed by atoms with van der Waals surface area (Å²) in [7, 11) is 5.74. The zero-order valence-corrected chi connectivity index (χ0v) is 10.2. The van der Waals surface area contributed by atoms with Crippen molar-refractivity contribution >= 4 is 19.7 Å². The summed E-state index contributed by atoms with van der Waals surface area (Å²) in [5.74, 6) is 0. The molecule has 1 N–H and O–H groups in total. The van der Waals surface area contributed by atoms with E-state index in [-0.39, 0.29) is 0 Å². The molecule has 1 nitrogen and oxygen atoms in total. The summed E-state index contributed by atoms with van der Waals surface area (Å²) < 4.78 is 0. The molecule has 0 aliphatic carbocycles. The van der Waals surface area contributed by atoms with Gasteiger partial charge in [-0.3, -0.25) is 0 Å². The van der Waals surface area contributed by atoms with Crippen molar-refractivity contribution in [3.8, 4) is 0 Å². The number of rotatable bonds is 0. The van der Waals surface area contributed by atoms with Gasteiger partial charge >= 0.3 is 28.7 Å². The Morgan fingerprint density at radius 2 is 1.50 bits per heavy atom. The molecule has 4 heteroatoms. The first-order chi connectivity index (χ1) is 3.56. The fourth-order valence-corrected chi connectivity index (χ4v) is 0. The third kappa shape index (κ3) is 15.7. The zero-order chi connectivity index (χ0) is 7.21. The average Bonchev–Trinajstić information content (AvgIpc) is 1.71. The van der Waals surface area contributed by atoms with Gasteiger partial charge in [-0.2, -0.15) is 0 Å². The minimum absolute atomic E-state index is 0.353. The summed E-state index contributed by atoms with van der Waals surface area (Å²) in [5.41, 5.74) is 0.353. The normalized spacial score (nSPS) is 9.88. The Balaban J connectivity index is 0. The van der Waals surface area contributed by atoms with E-state index in [4.69, 9.17) is 0 Å². The second-order valence-electron chi connectivity index (χ2n) is 2.50. The van der Waals surface area contributed by atoms with E-state index >= 15 is 0 Å². The first kappa shape index (κ1) is 11.9. The second-order valence-corrected chi connectivity index (χ2v) is 3.00. The summed E-state index contributed by atoms with van der Waals surface area (Å²) in [5, 5.41) is 0. The number of halogens is 1. The molecule has 0 bridgehead atoms. The maximum absolute atomic E-state index is 4.64. The summed E-state index contributed by atoms with van der Waals surface area (Å²) in [6.07, 6.45) is 0. The van der Waals surface area contributed by atoms with Crippen LogP contribution in [-0.4, -0.2) is 15.9 Å². The minimum atomic E-state index is 0.353. The first-order valence-electron chi connectivity index (χ1n) is 2.44. The van der Waals surface area contributed by atoms with Crippen molar-refractivity contribution in [2.45, 2.75) is 26.3 Å². The predicted molar refractivity (Wildman–Crippen MR) is 38.7 cm³/mol. The average molecular weight is 187 g/mol. The van der Waals surface area contributed by atoms with Gasteiger partial charge in [-0.05, 0) is 20.8 Å². The molecule has 0 heterocycles. The summed E-state index contributed by atoms with van der Waals surface area (Å²) in [4.78, 5) is 3.24. The third-order valence-electron chi connectivity index (χ3n) is 0.750. The molecule has 0 aromatic carbocycles. The fraction of sp³-hybridized carbons (Fsp3) is 1.00. The molecular weight excluding hydrogens is 173 g/mol. The first-order valence-corrected chi connectivity index (χ1v) is 5.59. The van der Waals surface area contributed by atoms with Crippen molar-refractivity contribution in [3.05, 3.63) is 0 Å². The fourth-order valence-electron chi connectivity index (χ4n) is 0. The molecule has 0 saturated carbocycles. The molecule has 0 radical (unpaired) electrons. The van der Waals surface area contributed by atoms with Crippen molar-refractivity contribution in [1.82, 2.24) is 4.98 Å². The van der Waals surface area contributed by atoms with E-state index in [9.17, 15) is 0 Å². The Labute approximate surface area is 70.3 Å². The van der Waals surface area contributed by atoms with Gasteiger partial charge in [0.05, 0.1) is 10.4 Å². The third-order valence-corrected chi connectivity index (χ3v) is 2.25. The van der Waals surface area contributed by atoms with Gasteiger partial charge in [0.1, 0.15) is 0 Å². The molecular formula is C4H13ClNSiTi. The molecule has 8 heavy (non-hydrogen) atoms. The molecule has 0 amide bonds. The van der Waals surface area contributed by atoms with E-state index in [1.165, 1.54) is 19.4 Å². The molecule has 0 unspecified atom stereocenters. The number of hydrogen-bond acceptors (Lipinski definition) is 1. The van der Waals surface area contributed by atoms with Crippen molar-refractivity contribution in [1.29, 1.82) is 0 Å². The molecule has 0 aliphatic heterocycles. The van der Waals surface area contributed by atoms with Gasteiger partial charge in [0.25, 0.3) is 0 Å². The Bertz CT molecular complexity index is 45.8. The standard InChI is InChI=1S/C4H13NSi.ClH.Ti/c1-4(2,3)5-6;;/h5H,1-3,6H3;1H;/q;;+1/p-1. The van der Waals surface area contributed by atoms with Crippen LogP contribution in [0.4, 0.5) is 0 Å². The summed E-state index contributed by atoms with van der Waals surface area (Å²) >= 11 is 1.47. The molecule has 0 aromatic heterocycles. The second kappa shape index (κ2) is 6.30. The van der Waals surface area contributed by atoms with Crippen molar-refractivity contribution in [2.24, 2.45) is 0 Å². The van der Waals surface area contributed by atoms with Crippen molar-refractivity contribution < 1.29 is 19.4 Å². The number of hydrogen-bond donors (Lipinski definition) is 1.